The van der Waals surface area contributed by atoms with Gasteiger partial charge in [0.2, 0.25) is 0 Å². The maximum atomic E-state index is 12.2. The van der Waals surface area contributed by atoms with Gasteiger partial charge in [0.05, 0.1) is 13.2 Å². The monoisotopic (exact) mass is 375 g/mol. The van der Waals surface area contributed by atoms with Gasteiger partial charge in [-0.15, -0.1) is 0 Å². The zero-order valence-corrected chi connectivity index (χ0v) is 13.5. The van der Waals surface area contributed by atoms with E-state index in [0.29, 0.717) is 0 Å². The van der Waals surface area contributed by atoms with Gasteiger partial charge in [0.25, 0.3) is 0 Å². The Labute approximate surface area is 146 Å². The Morgan fingerprint density at radius 3 is 2.15 bits per heavy atom. The molecule has 0 amide bonds. The van der Waals surface area contributed by atoms with Crippen molar-refractivity contribution in [1.29, 1.82) is 0 Å². The molecule has 0 bridgehead atoms. The Morgan fingerprint density at radius 2 is 1.62 bits per heavy atom. The van der Waals surface area contributed by atoms with Crippen molar-refractivity contribution in [2.75, 3.05) is 18.5 Å². The van der Waals surface area contributed by atoms with Crippen LogP contribution in [0.2, 0.25) is 0 Å². The smallest absolute Gasteiger partial charge is 0.351 e. The summed E-state index contributed by atoms with van der Waals surface area (Å²) in [6.07, 6.45) is -8.46. The van der Waals surface area contributed by atoms with Gasteiger partial charge in [-0.2, -0.15) is 4.98 Å². The predicted octanol–water partition coefficient (Wildman–Crippen LogP) is -4.29. The second-order valence-electron chi connectivity index (χ2n) is 6.13. The van der Waals surface area contributed by atoms with Gasteiger partial charge in [-0.25, -0.2) is 4.79 Å². The minimum Gasteiger partial charge on any atom is -0.394 e. The first kappa shape index (κ1) is 19.1. The van der Waals surface area contributed by atoms with Gasteiger partial charge < -0.3 is 45.4 Å². The van der Waals surface area contributed by atoms with Crippen LogP contribution in [0, 0.1) is 0 Å². The van der Waals surface area contributed by atoms with Gasteiger partial charge in [-0.3, -0.25) is 4.57 Å². The van der Waals surface area contributed by atoms with Gasteiger partial charge in [-0.05, 0) is 6.07 Å². The molecule has 0 aromatic carbocycles. The van der Waals surface area contributed by atoms with Crippen LogP contribution in [0.4, 0.5) is 5.82 Å². The largest absolute Gasteiger partial charge is 0.394 e. The fourth-order valence-electron chi connectivity index (χ4n) is 2.96. The van der Waals surface area contributed by atoms with Crippen molar-refractivity contribution in [1.82, 2.24) is 9.55 Å². The molecule has 2 saturated heterocycles. The van der Waals surface area contributed by atoms with Crippen molar-refractivity contribution < 1.29 is 40.1 Å². The lowest BCUT2D eigenvalue weighted by Crippen LogP contribution is -2.38. The standard InChI is InChI=1S/C14H21N3O9/c18-3-5-8(20)10(22)12(25-5)15-7-1-2-17(14(24)16-7)13-11(23)9(21)6(4-19)26-13/h1-2,5-6,8-13,18-23H,3-4H2,(H,15,16,24). The summed E-state index contributed by atoms with van der Waals surface area (Å²) in [6, 6.07) is 1.34. The lowest BCUT2D eigenvalue weighted by molar-refractivity contribution is -0.0549. The summed E-state index contributed by atoms with van der Waals surface area (Å²) in [5.74, 6) is 0.0211. The first-order chi connectivity index (χ1) is 12.4. The molecule has 2 fully saturated rings. The van der Waals surface area contributed by atoms with Gasteiger partial charge in [0, 0.05) is 6.20 Å². The van der Waals surface area contributed by atoms with Crippen LogP contribution in [0.3, 0.4) is 0 Å². The highest BCUT2D eigenvalue weighted by atomic mass is 16.6. The van der Waals surface area contributed by atoms with Crippen LogP contribution in [-0.2, 0) is 9.47 Å². The van der Waals surface area contributed by atoms with Gasteiger partial charge in [-0.1, -0.05) is 0 Å². The van der Waals surface area contributed by atoms with Gasteiger partial charge >= 0.3 is 5.69 Å². The number of hydrogen-bond acceptors (Lipinski definition) is 11. The van der Waals surface area contributed by atoms with Crippen molar-refractivity contribution in [3.05, 3.63) is 22.7 Å². The summed E-state index contributed by atoms with van der Waals surface area (Å²) < 4.78 is 11.4. The number of nitrogens with zero attached hydrogens (tertiary/aromatic N) is 2. The van der Waals surface area contributed by atoms with E-state index in [9.17, 15) is 25.2 Å². The second-order valence-corrected chi connectivity index (χ2v) is 6.13. The lowest BCUT2D eigenvalue weighted by Gasteiger charge is -2.19. The number of nitrogens with one attached hydrogen (secondary N) is 1. The highest BCUT2D eigenvalue weighted by Gasteiger charge is 2.44. The zero-order chi connectivity index (χ0) is 19.0. The van der Waals surface area contributed by atoms with Crippen molar-refractivity contribution >= 4 is 5.82 Å². The Bertz CT molecular complexity index is 686. The molecule has 26 heavy (non-hydrogen) atoms. The summed E-state index contributed by atoms with van der Waals surface area (Å²) in [6.45, 7) is -1.02. The number of ether oxygens (including phenoxy) is 2. The molecule has 3 heterocycles. The third-order valence-electron chi connectivity index (χ3n) is 4.45. The molecule has 1 aromatic heterocycles. The Kier molecular flexibility index (Phi) is 5.55. The van der Waals surface area contributed by atoms with Crippen LogP contribution >= 0.6 is 0 Å². The molecular formula is C14H21N3O9. The van der Waals surface area contributed by atoms with Crippen LogP contribution in [0.1, 0.15) is 6.23 Å². The molecule has 1 aromatic rings. The molecule has 0 saturated carbocycles. The predicted molar refractivity (Wildman–Crippen MR) is 82.9 cm³/mol. The Hall–Kier alpha value is -1.64. The van der Waals surface area contributed by atoms with E-state index >= 15 is 0 Å². The number of aliphatic hydroxyl groups excluding tert-OH is 6. The Balaban J connectivity index is 1.74. The number of anilines is 1. The molecule has 146 valence electrons. The molecule has 12 heteroatoms. The highest BCUT2D eigenvalue weighted by Crippen LogP contribution is 2.28. The number of aromatic nitrogens is 2. The number of rotatable bonds is 5. The van der Waals surface area contributed by atoms with Crippen LogP contribution in [0.5, 0.6) is 0 Å². The molecule has 0 aliphatic carbocycles. The lowest BCUT2D eigenvalue weighted by atomic mass is 10.1. The normalized spacial score (nSPS) is 40.1. The molecule has 8 atom stereocenters. The molecule has 8 unspecified atom stereocenters. The SMILES string of the molecule is O=c1nc(NC2OC(CO)C(O)C2O)ccn1C1OC(CO)C(O)C1O. The fraction of sp³-hybridized carbons (Fsp3) is 0.714. The van der Waals surface area contributed by atoms with Crippen LogP contribution in [0.15, 0.2) is 17.1 Å². The molecule has 2 aliphatic heterocycles. The van der Waals surface area contributed by atoms with E-state index in [1.165, 1.54) is 12.3 Å². The van der Waals surface area contributed by atoms with E-state index in [4.69, 9.17) is 19.7 Å². The maximum Gasteiger partial charge on any atom is 0.351 e. The van der Waals surface area contributed by atoms with E-state index in [-0.39, 0.29) is 5.82 Å². The number of aliphatic hydroxyl groups is 6. The van der Waals surface area contributed by atoms with Crippen LogP contribution in [0.25, 0.3) is 0 Å². The first-order valence-corrected chi connectivity index (χ1v) is 7.98. The van der Waals surface area contributed by atoms with Gasteiger partial charge in [0.15, 0.2) is 12.5 Å². The van der Waals surface area contributed by atoms with E-state index < -0.39 is 68.0 Å². The maximum absolute atomic E-state index is 12.2. The minimum atomic E-state index is -1.43. The van der Waals surface area contributed by atoms with Crippen molar-refractivity contribution in [3.8, 4) is 0 Å². The molecule has 12 nitrogen and oxygen atoms in total. The average molecular weight is 375 g/mol. The molecule has 2 aliphatic rings. The van der Waals surface area contributed by atoms with E-state index in [2.05, 4.69) is 10.3 Å². The van der Waals surface area contributed by atoms with E-state index in [1.807, 2.05) is 0 Å². The highest BCUT2D eigenvalue weighted by molar-refractivity contribution is 5.33. The number of hydrogen-bond donors (Lipinski definition) is 7. The van der Waals surface area contributed by atoms with Crippen molar-refractivity contribution in [3.63, 3.8) is 0 Å². The molecule has 0 spiro atoms. The molecular weight excluding hydrogens is 354 g/mol. The first-order valence-electron chi connectivity index (χ1n) is 7.98. The van der Waals surface area contributed by atoms with E-state index in [0.717, 1.165) is 4.57 Å². The Morgan fingerprint density at radius 1 is 1.00 bits per heavy atom. The van der Waals surface area contributed by atoms with E-state index in [1.54, 1.807) is 0 Å². The summed E-state index contributed by atoms with van der Waals surface area (Å²) in [5, 5.41) is 60.1. The van der Waals surface area contributed by atoms with Crippen molar-refractivity contribution in [2.24, 2.45) is 0 Å². The average Bonchev–Trinajstić information content (AvgIpc) is 3.06. The molecule has 3 rings (SSSR count). The molecule has 7 N–H and O–H groups in total. The van der Waals surface area contributed by atoms with Gasteiger partial charge in [0.1, 0.15) is 42.4 Å². The second kappa shape index (κ2) is 7.54. The van der Waals surface area contributed by atoms with Crippen LogP contribution < -0.4 is 11.0 Å². The minimum absolute atomic E-state index is 0.0211. The van der Waals surface area contributed by atoms with Crippen molar-refractivity contribution in [2.45, 2.75) is 49.1 Å². The summed E-state index contributed by atoms with van der Waals surface area (Å²) in [5.41, 5.74) is -0.823. The fourth-order valence-corrected chi connectivity index (χ4v) is 2.96. The topological polar surface area (TPSA) is 187 Å². The summed E-state index contributed by atoms with van der Waals surface area (Å²) in [7, 11) is 0. The quantitative estimate of drug-likeness (QED) is 0.264. The molecule has 0 radical (unpaired) electrons. The zero-order valence-electron chi connectivity index (χ0n) is 13.5. The summed E-state index contributed by atoms with van der Waals surface area (Å²) >= 11 is 0. The third kappa shape index (κ3) is 3.33. The van der Waals surface area contributed by atoms with Crippen LogP contribution in [-0.4, -0.2) is 96.3 Å². The summed E-state index contributed by atoms with van der Waals surface area (Å²) in [4.78, 5) is 15.9. The third-order valence-corrected chi connectivity index (χ3v) is 4.45.